The number of aromatic amines is 1. The van der Waals surface area contributed by atoms with Crippen LogP contribution in [0.5, 0.6) is 5.75 Å². The Balaban J connectivity index is 1.42. The van der Waals surface area contributed by atoms with Crippen LogP contribution in [0.3, 0.4) is 0 Å². The molecular weight excluding hydrogens is 442 g/mol. The fraction of sp³-hybridized carbons (Fsp3) is 0.429. The van der Waals surface area contributed by atoms with Crippen LogP contribution in [0.25, 0.3) is 10.9 Å². The second-order valence-corrected chi connectivity index (χ2v) is 9.27. The molecule has 0 unspecified atom stereocenters. The summed E-state index contributed by atoms with van der Waals surface area (Å²) in [6.07, 6.45) is 7.75. The minimum Gasteiger partial charge on any atom is -0.506 e. The molecule has 0 bridgehead atoms. The second-order valence-electron chi connectivity index (χ2n) is 9.27. The van der Waals surface area contributed by atoms with E-state index in [1.807, 2.05) is 36.4 Å². The Kier molecular flexibility index (Phi) is 8.79. The van der Waals surface area contributed by atoms with Gasteiger partial charge in [-0.1, -0.05) is 62.1 Å². The summed E-state index contributed by atoms with van der Waals surface area (Å²) in [6, 6.07) is 16.8. The zero-order valence-corrected chi connectivity index (χ0v) is 20.2. The first-order valence-electron chi connectivity index (χ1n) is 12.6. The maximum Gasteiger partial charge on any atom is 0.410 e. The third kappa shape index (κ3) is 7.09. The smallest absolute Gasteiger partial charge is 0.410 e. The summed E-state index contributed by atoms with van der Waals surface area (Å²) < 4.78 is 5.64. The number of H-pyrrole nitrogens is 1. The molecule has 1 saturated carbocycles. The van der Waals surface area contributed by atoms with Gasteiger partial charge in [0.25, 0.3) is 0 Å². The number of benzene rings is 2. The van der Waals surface area contributed by atoms with Crippen LogP contribution in [0.15, 0.2) is 59.4 Å². The van der Waals surface area contributed by atoms with Gasteiger partial charge >= 0.3 is 6.09 Å². The number of fused-ring (bicyclic) bond motifs is 1. The van der Waals surface area contributed by atoms with Crippen LogP contribution in [-0.4, -0.2) is 46.8 Å². The number of aromatic nitrogens is 1. The Morgan fingerprint density at radius 2 is 1.77 bits per heavy atom. The molecule has 2 aromatic carbocycles. The number of nitrogens with zero attached hydrogens (tertiary/aromatic N) is 1. The van der Waals surface area contributed by atoms with Crippen molar-refractivity contribution in [1.82, 2.24) is 15.2 Å². The van der Waals surface area contributed by atoms with Crippen molar-refractivity contribution in [2.45, 2.75) is 57.6 Å². The SMILES string of the molecule is O=C(OCc1ccccc1)N(CCNC1CCCCCC1)CCc1ccc(O)c2[nH]c(=O)ccc12. The van der Waals surface area contributed by atoms with Crippen molar-refractivity contribution < 1.29 is 14.6 Å². The van der Waals surface area contributed by atoms with Gasteiger partial charge in [0, 0.05) is 37.1 Å². The lowest BCUT2D eigenvalue weighted by Gasteiger charge is -2.24. The molecule has 7 heteroatoms. The number of phenolic OH excluding ortho intramolecular Hbond substituents is 1. The largest absolute Gasteiger partial charge is 0.506 e. The number of hydrogen-bond acceptors (Lipinski definition) is 5. The average Bonchev–Trinajstić information content (AvgIpc) is 3.15. The maximum atomic E-state index is 13.0. The van der Waals surface area contributed by atoms with Gasteiger partial charge in [-0.05, 0) is 42.5 Å². The molecule has 35 heavy (non-hydrogen) atoms. The lowest BCUT2D eigenvalue weighted by Crippen LogP contribution is -2.41. The highest BCUT2D eigenvalue weighted by Gasteiger charge is 2.18. The van der Waals surface area contributed by atoms with E-state index in [2.05, 4.69) is 10.3 Å². The Morgan fingerprint density at radius 1 is 1.00 bits per heavy atom. The number of pyridine rings is 1. The molecule has 0 atom stereocenters. The molecule has 7 nitrogen and oxygen atoms in total. The summed E-state index contributed by atoms with van der Waals surface area (Å²) in [7, 11) is 0. The lowest BCUT2D eigenvalue weighted by molar-refractivity contribution is 0.0964. The molecule has 186 valence electrons. The van der Waals surface area contributed by atoms with E-state index >= 15 is 0 Å². The standard InChI is InChI=1S/C28H35N3O4/c32-25-14-12-22(24-13-15-26(33)30-27(24)25)16-18-31(19-17-29-23-10-6-1-2-7-11-23)28(34)35-20-21-8-4-3-5-9-21/h3-5,8-9,12-15,23,29,32H,1-2,6-7,10-11,16-20H2,(H,30,33). The van der Waals surface area contributed by atoms with Gasteiger partial charge < -0.3 is 25.0 Å². The molecule has 1 aliphatic carbocycles. The summed E-state index contributed by atoms with van der Waals surface area (Å²) >= 11 is 0. The average molecular weight is 478 g/mol. The third-order valence-corrected chi connectivity index (χ3v) is 6.75. The summed E-state index contributed by atoms with van der Waals surface area (Å²) in [4.78, 5) is 29.2. The van der Waals surface area contributed by atoms with Crippen LogP contribution in [0, 0.1) is 0 Å². The van der Waals surface area contributed by atoms with E-state index in [-0.39, 0.29) is 24.0 Å². The number of rotatable bonds is 9. The lowest BCUT2D eigenvalue weighted by atomic mass is 10.0. The predicted molar refractivity (Wildman–Crippen MR) is 138 cm³/mol. The van der Waals surface area contributed by atoms with Crippen molar-refractivity contribution in [3.8, 4) is 5.75 Å². The van der Waals surface area contributed by atoms with Crippen molar-refractivity contribution in [3.63, 3.8) is 0 Å². The van der Waals surface area contributed by atoms with E-state index in [4.69, 9.17) is 4.74 Å². The quantitative estimate of drug-likeness (QED) is 0.388. The molecule has 0 saturated heterocycles. The molecule has 1 aliphatic rings. The molecule has 0 radical (unpaired) electrons. The van der Waals surface area contributed by atoms with Gasteiger partial charge in [0.15, 0.2) is 0 Å². The minimum absolute atomic E-state index is 0.0353. The van der Waals surface area contributed by atoms with Gasteiger partial charge in [-0.3, -0.25) is 4.79 Å². The molecular formula is C28H35N3O4. The number of nitrogens with one attached hydrogen (secondary N) is 2. The van der Waals surface area contributed by atoms with Gasteiger partial charge in [-0.25, -0.2) is 4.79 Å². The molecule has 4 rings (SSSR count). The molecule has 1 heterocycles. The van der Waals surface area contributed by atoms with E-state index in [1.165, 1.54) is 44.6 Å². The summed E-state index contributed by atoms with van der Waals surface area (Å²) in [5.74, 6) is 0.0353. The number of phenols is 1. The summed E-state index contributed by atoms with van der Waals surface area (Å²) in [5, 5.41) is 14.6. The van der Waals surface area contributed by atoms with Crippen molar-refractivity contribution >= 4 is 17.0 Å². The van der Waals surface area contributed by atoms with Crippen molar-refractivity contribution in [2.75, 3.05) is 19.6 Å². The zero-order chi connectivity index (χ0) is 24.5. The third-order valence-electron chi connectivity index (χ3n) is 6.75. The minimum atomic E-state index is -0.340. The van der Waals surface area contributed by atoms with Crippen LogP contribution in [0.4, 0.5) is 4.79 Å². The molecule has 1 amide bonds. The van der Waals surface area contributed by atoms with Gasteiger partial charge in [-0.2, -0.15) is 0 Å². The second kappa shape index (κ2) is 12.4. The zero-order valence-electron chi connectivity index (χ0n) is 20.2. The van der Waals surface area contributed by atoms with Gasteiger partial charge in [0.1, 0.15) is 12.4 Å². The van der Waals surface area contributed by atoms with Gasteiger partial charge in [-0.15, -0.1) is 0 Å². The Hall–Kier alpha value is -3.32. The van der Waals surface area contributed by atoms with E-state index in [0.717, 1.165) is 23.1 Å². The van der Waals surface area contributed by atoms with Crippen LogP contribution in [-0.2, 0) is 17.8 Å². The fourth-order valence-electron chi connectivity index (χ4n) is 4.76. The normalized spacial score (nSPS) is 14.5. The van der Waals surface area contributed by atoms with E-state index < -0.39 is 0 Å². The highest BCUT2D eigenvalue weighted by atomic mass is 16.6. The fourth-order valence-corrected chi connectivity index (χ4v) is 4.76. The van der Waals surface area contributed by atoms with Crippen molar-refractivity contribution in [2.24, 2.45) is 0 Å². The number of amides is 1. The summed E-state index contributed by atoms with van der Waals surface area (Å²) in [5.41, 5.74) is 2.06. The number of aromatic hydroxyl groups is 1. The number of carbonyl (C=O) groups is 1. The first-order chi connectivity index (χ1) is 17.1. The Bertz CT molecular complexity index is 1150. The number of carbonyl (C=O) groups excluding carboxylic acids is 1. The van der Waals surface area contributed by atoms with Crippen LogP contribution in [0.1, 0.15) is 49.7 Å². The molecule has 1 aromatic heterocycles. The number of ether oxygens (including phenoxy) is 1. The maximum absolute atomic E-state index is 13.0. The highest BCUT2D eigenvalue weighted by molar-refractivity contribution is 5.87. The topological polar surface area (TPSA) is 94.7 Å². The number of hydrogen-bond donors (Lipinski definition) is 3. The summed E-state index contributed by atoms with van der Waals surface area (Å²) in [6.45, 7) is 1.97. The molecule has 0 spiro atoms. The Labute approximate surface area is 206 Å². The molecule has 1 fully saturated rings. The highest BCUT2D eigenvalue weighted by Crippen LogP contribution is 2.25. The van der Waals surface area contributed by atoms with Crippen LogP contribution in [0.2, 0.25) is 0 Å². The van der Waals surface area contributed by atoms with E-state index in [9.17, 15) is 14.7 Å². The van der Waals surface area contributed by atoms with E-state index in [0.29, 0.717) is 31.1 Å². The monoisotopic (exact) mass is 477 g/mol. The molecule has 3 aromatic rings. The van der Waals surface area contributed by atoms with E-state index in [1.54, 1.807) is 17.0 Å². The molecule has 0 aliphatic heterocycles. The van der Waals surface area contributed by atoms with Gasteiger partial charge in [0.2, 0.25) is 5.56 Å². The molecule has 3 N–H and O–H groups in total. The predicted octanol–water partition coefficient (Wildman–Crippen LogP) is 4.73. The first-order valence-corrected chi connectivity index (χ1v) is 12.6. The Morgan fingerprint density at radius 3 is 2.54 bits per heavy atom. The van der Waals surface area contributed by atoms with Crippen molar-refractivity contribution in [1.29, 1.82) is 0 Å². The van der Waals surface area contributed by atoms with Crippen molar-refractivity contribution in [3.05, 3.63) is 76.1 Å². The first kappa shape index (κ1) is 24.8. The van der Waals surface area contributed by atoms with Gasteiger partial charge in [0.05, 0.1) is 5.52 Å². The van der Waals surface area contributed by atoms with Crippen LogP contribution < -0.4 is 10.9 Å². The van der Waals surface area contributed by atoms with Crippen LogP contribution >= 0.6 is 0 Å².